The minimum Gasteiger partial charge on any atom is -0.204 e. The molecule has 0 radical (unpaired) electrons. The van der Waals surface area contributed by atoms with Gasteiger partial charge in [-0.15, -0.1) is 11.8 Å². The van der Waals surface area contributed by atoms with Crippen molar-refractivity contribution in [1.29, 1.82) is 0 Å². The molecule has 1 rings (SSSR count). The summed E-state index contributed by atoms with van der Waals surface area (Å²) in [5, 5.41) is 0. The highest BCUT2D eigenvalue weighted by Crippen LogP contribution is 2.39. The molecule has 0 spiro atoms. The maximum absolute atomic E-state index is 13.4. The first-order valence-corrected chi connectivity index (χ1v) is 5.79. The minimum atomic E-state index is -0.778. The van der Waals surface area contributed by atoms with Crippen molar-refractivity contribution in [2.45, 2.75) is 37.3 Å². The highest BCUT2D eigenvalue weighted by atomic mass is 32.2. The van der Waals surface area contributed by atoms with Crippen molar-refractivity contribution in [2.75, 3.05) is 0 Å². The van der Waals surface area contributed by atoms with E-state index in [1.54, 1.807) is 6.07 Å². The van der Waals surface area contributed by atoms with E-state index in [0.717, 1.165) is 6.07 Å². The Kier molecular flexibility index (Phi) is 3.77. The summed E-state index contributed by atoms with van der Waals surface area (Å²) in [5.41, 5.74) is 0. The van der Waals surface area contributed by atoms with E-state index < -0.39 is 11.6 Å². The third-order valence-corrected chi connectivity index (χ3v) is 4.21. The van der Waals surface area contributed by atoms with Crippen LogP contribution < -0.4 is 0 Å². The van der Waals surface area contributed by atoms with Gasteiger partial charge >= 0.3 is 0 Å². The molecule has 0 atom stereocenters. The van der Waals surface area contributed by atoms with Crippen molar-refractivity contribution >= 4 is 11.8 Å². The number of halogens is 2. The SMILES string of the molecule is CC(C)C(C)(C)Sc1cccc(F)c1F. The van der Waals surface area contributed by atoms with Crippen LogP contribution in [0.1, 0.15) is 27.7 Å². The van der Waals surface area contributed by atoms with Gasteiger partial charge in [-0.05, 0) is 18.1 Å². The summed E-state index contributed by atoms with van der Waals surface area (Å²) in [5.74, 6) is -1.12. The van der Waals surface area contributed by atoms with Crippen LogP contribution in [-0.2, 0) is 0 Å². The van der Waals surface area contributed by atoms with Gasteiger partial charge in [0.2, 0.25) is 0 Å². The van der Waals surface area contributed by atoms with Crippen LogP contribution >= 0.6 is 11.8 Å². The van der Waals surface area contributed by atoms with Crippen LogP contribution in [-0.4, -0.2) is 4.75 Å². The van der Waals surface area contributed by atoms with Gasteiger partial charge in [0, 0.05) is 9.64 Å². The minimum absolute atomic E-state index is 0.103. The number of benzene rings is 1. The average molecular weight is 230 g/mol. The molecule has 1 aromatic rings. The zero-order valence-electron chi connectivity index (χ0n) is 9.47. The molecule has 0 saturated carbocycles. The lowest BCUT2D eigenvalue weighted by molar-refractivity contribution is 0.483. The smallest absolute Gasteiger partial charge is 0.172 e. The Morgan fingerprint density at radius 3 is 2.33 bits per heavy atom. The highest BCUT2D eigenvalue weighted by molar-refractivity contribution is 8.00. The Hall–Kier alpha value is -0.570. The topological polar surface area (TPSA) is 0 Å². The monoisotopic (exact) mass is 230 g/mol. The van der Waals surface area contributed by atoms with Crippen molar-refractivity contribution in [3.63, 3.8) is 0 Å². The molecule has 0 bridgehead atoms. The van der Waals surface area contributed by atoms with Gasteiger partial charge in [0.15, 0.2) is 11.6 Å². The van der Waals surface area contributed by atoms with E-state index in [0.29, 0.717) is 10.8 Å². The van der Waals surface area contributed by atoms with Gasteiger partial charge in [0.1, 0.15) is 0 Å². The van der Waals surface area contributed by atoms with Gasteiger partial charge in [0.05, 0.1) is 0 Å². The molecule has 0 aliphatic heterocycles. The zero-order chi connectivity index (χ0) is 11.6. The summed E-state index contributed by atoms with van der Waals surface area (Å²) in [7, 11) is 0. The number of hydrogen-bond acceptors (Lipinski definition) is 1. The van der Waals surface area contributed by atoms with Crippen LogP contribution in [0.5, 0.6) is 0 Å². The van der Waals surface area contributed by atoms with E-state index in [1.807, 2.05) is 13.8 Å². The number of rotatable bonds is 3. The average Bonchev–Trinajstić information content (AvgIpc) is 2.12. The van der Waals surface area contributed by atoms with Gasteiger partial charge in [-0.2, -0.15) is 0 Å². The maximum atomic E-state index is 13.4. The first kappa shape index (κ1) is 12.5. The lowest BCUT2D eigenvalue weighted by Crippen LogP contribution is -2.22. The lowest BCUT2D eigenvalue weighted by atomic mass is 10.00. The Morgan fingerprint density at radius 2 is 1.80 bits per heavy atom. The quantitative estimate of drug-likeness (QED) is 0.689. The summed E-state index contributed by atoms with van der Waals surface area (Å²) >= 11 is 1.38. The predicted octanol–water partition coefficient (Wildman–Crippen LogP) is 4.49. The van der Waals surface area contributed by atoms with Crippen LogP contribution in [0.15, 0.2) is 23.1 Å². The fourth-order valence-electron chi connectivity index (χ4n) is 0.964. The Morgan fingerprint density at radius 1 is 1.20 bits per heavy atom. The second-order valence-corrected chi connectivity index (χ2v) is 6.11. The van der Waals surface area contributed by atoms with Crippen molar-refractivity contribution < 1.29 is 8.78 Å². The third-order valence-electron chi connectivity index (χ3n) is 2.68. The highest BCUT2D eigenvalue weighted by Gasteiger charge is 2.25. The summed E-state index contributed by atoms with van der Waals surface area (Å²) in [4.78, 5) is 0.383. The molecule has 0 aliphatic rings. The van der Waals surface area contributed by atoms with Gasteiger partial charge in [-0.25, -0.2) is 8.78 Å². The Bertz CT molecular complexity index is 345. The molecule has 84 valence electrons. The van der Waals surface area contributed by atoms with Crippen LogP contribution in [0, 0.1) is 17.6 Å². The summed E-state index contributed by atoms with van der Waals surface area (Å²) < 4.78 is 26.3. The van der Waals surface area contributed by atoms with Gasteiger partial charge in [0.25, 0.3) is 0 Å². The second kappa shape index (κ2) is 4.52. The molecule has 3 heteroatoms. The van der Waals surface area contributed by atoms with E-state index in [1.165, 1.54) is 17.8 Å². The van der Waals surface area contributed by atoms with E-state index in [9.17, 15) is 8.78 Å². The molecular weight excluding hydrogens is 214 g/mol. The zero-order valence-corrected chi connectivity index (χ0v) is 10.3. The molecule has 15 heavy (non-hydrogen) atoms. The second-order valence-electron chi connectivity index (χ2n) is 4.41. The third kappa shape index (κ3) is 2.94. The van der Waals surface area contributed by atoms with Crippen LogP contribution in [0.3, 0.4) is 0 Å². The normalized spacial score (nSPS) is 12.2. The van der Waals surface area contributed by atoms with Crippen molar-refractivity contribution in [3.8, 4) is 0 Å². The van der Waals surface area contributed by atoms with E-state index >= 15 is 0 Å². The van der Waals surface area contributed by atoms with E-state index in [4.69, 9.17) is 0 Å². The summed E-state index contributed by atoms with van der Waals surface area (Å²) in [6.45, 7) is 8.22. The van der Waals surface area contributed by atoms with Crippen molar-refractivity contribution in [3.05, 3.63) is 29.8 Å². The van der Waals surface area contributed by atoms with E-state index in [2.05, 4.69) is 13.8 Å². The Labute approximate surface area is 94.1 Å². The molecule has 0 amide bonds. The molecule has 0 unspecified atom stereocenters. The molecule has 0 aliphatic carbocycles. The van der Waals surface area contributed by atoms with Crippen LogP contribution in [0.4, 0.5) is 8.78 Å². The van der Waals surface area contributed by atoms with Gasteiger partial charge < -0.3 is 0 Å². The first-order chi connectivity index (χ1) is 6.84. The van der Waals surface area contributed by atoms with Crippen LogP contribution in [0.2, 0.25) is 0 Å². The molecule has 0 aromatic heterocycles. The van der Waals surface area contributed by atoms with E-state index in [-0.39, 0.29) is 4.75 Å². The van der Waals surface area contributed by atoms with Crippen LogP contribution in [0.25, 0.3) is 0 Å². The molecule has 0 fully saturated rings. The van der Waals surface area contributed by atoms with Gasteiger partial charge in [-0.3, -0.25) is 0 Å². The molecule has 0 heterocycles. The molecular formula is C12H16F2S. The maximum Gasteiger partial charge on any atom is 0.172 e. The van der Waals surface area contributed by atoms with Crippen molar-refractivity contribution in [1.82, 2.24) is 0 Å². The number of thioether (sulfide) groups is 1. The Balaban J connectivity index is 2.95. The fourth-order valence-corrected chi connectivity index (χ4v) is 2.10. The summed E-state index contributed by atoms with van der Waals surface area (Å²) in [6, 6.07) is 4.30. The van der Waals surface area contributed by atoms with Crippen molar-refractivity contribution in [2.24, 2.45) is 5.92 Å². The molecule has 0 nitrogen and oxygen atoms in total. The first-order valence-electron chi connectivity index (χ1n) is 4.97. The lowest BCUT2D eigenvalue weighted by Gasteiger charge is -2.28. The van der Waals surface area contributed by atoms with Gasteiger partial charge in [-0.1, -0.05) is 33.8 Å². The summed E-state index contributed by atoms with van der Waals surface area (Å²) in [6.07, 6.45) is 0. The largest absolute Gasteiger partial charge is 0.204 e. The number of hydrogen-bond donors (Lipinski definition) is 0. The molecule has 0 saturated heterocycles. The molecule has 0 N–H and O–H groups in total. The standard InChI is InChI=1S/C12H16F2S/c1-8(2)12(3,4)15-10-7-5-6-9(13)11(10)14/h5-8H,1-4H3. The fraction of sp³-hybridized carbons (Fsp3) is 0.500. The predicted molar refractivity (Wildman–Crippen MR) is 61.1 cm³/mol. The molecule has 1 aromatic carbocycles.